The van der Waals surface area contributed by atoms with E-state index < -0.39 is 0 Å². The van der Waals surface area contributed by atoms with Crippen LogP contribution in [0.4, 0.5) is 4.39 Å². The van der Waals surface area contributed by atoms with Gasteiger partial charge in [-0.3, -0.25) is 4.79 Å². The van der Waals surface area contributed by atoms with E-state index >= 15 is 0 Å². The maximum absolute atomic E-state index is 13.2. The van der Waals surface area contributed by atoms with E-state index in [1.807, 2.05) is 0 Å². The van der Waals surface area contributed by atoms with Crippen molar-refractivity contribution in [3.8, 4) is 11.3 Å². The zero-order valence-electron chi connectivity index (χ0n) is 8.16. The van der Waals surface area contributed by atoms with Crippen LogP contribution in [0.2, 0.25) is 0 Å². The van der Waals surface area contributed by atoms with Gasteiger partial charge in [0.2, 0.25) is 0 Å². The van der Waals surface area contributed by atoms with E-state index in [4.69, 9.17) is 4.42 Å². The molecule has 1 aromatic carbocycles. The van der Waals surface area contributed by atoms with Crippen molar-refractivity contribution in [1.82, 2.24) is 0 Å². The maximum atomic E-state index is 13.2. The summed E-state index contributed by atoms with van der Waals surface area (Å²) in [4.78, 5) is 10.4. The Hall–Kier alpha value is -1.90. The van der Waals surface area contributed by atoms with Gasteiger partial charge < -0.3 is 4.42 Å². The van der Waals surface area contributed by atoms with Gasteiger partial charge in [-0.2, -0.15) is 0 Å². The zero-order valence-corrected chi connectivity index (χ0v) is 8.16. The van der Waals surface area contributed by atoms with E-state index in [1.165, 1.54) is 6.07 Å². The number of carbonyl (C=O) groups is 1. The molecule has 0 N–H and O–H groups in total. The van der Waals surface area contributed by atoms with Crippen LogP contribution in [0.1, 0.15) is 16.1 Å². The molecule has 0 amide bonds. The molecule has 0 aliphatic rings. The second-order valence-electron chi connectivity index (χ2n) is 3.23. The molecular formula is C12H9FO2. The maximum Gasteiger partial charge on any atom is 0.185 e. The van der Waals surface area contributed by atoms with Gasteiger partial charge in [-0.25, -0.2) is 4.39 Å². The number of benzene rings is 1. The van der Waals surface area contributed by atoms with Gasteiger partial charge in [-0.1, -0.05) is 12.1 Å². The number of rotatable bonds is 2. The van der Waals surface area contributed by atoms with Gasteiger partial charge in [-0.15, -0.1) is 0 Å². The van der Waals surface area contributed by atoms with Crippen molar-refractivity contribution < 1.29 is 13.6 Å². The highest BCUT2D eigenvalue weighted by Gasteiger charge is 2.09. The Balaban J connectivity index is 2.53. The van der Waals surface area contributed by atoms with Crippen LogP contribution in [-0.4, -0.2) is 6.29 Å². The lowest BCUT2D eigenvalue weighted by molar-refractivity contribution is 0.110. The second-order valence-corrected chi connectivity index (χ2v) is 3.23. The van der Waals surface area contributed by atoms with E-state index in [0.717, 1.165) is 0 Å². The average molecular weight is 204 g/mol. The molecule has 0 unspecified atom stereocenters. The first-order valence-corrected chi connectivity index (χ1v) is 4.53. The van der Waals surface area contributed by atoms with Crippen molar-refractivity contribution in [3.63, 3.8) is 0 Å². The smallest absolute Gasteiger partial charge is 0.185 e. The molecule has 1 aromatic heterocycles. The molecule has 0 bridgehead atoms. The molecule has 0 spiro atoms. The zero-order chi connectivity index (χ0) is 10.8. The van der Waals surface area contributed by atoms with E-state index in [0.29, 0.717) is 23.2 Å². The summed E-state index contributed by atoms with van der Waals surface area (Å²) in [5.41, 5.74) is 1.19. The van der Waals surface area contributed by atoms with Gasteiger partial charge >= 0.3 is 0 Å². The minimum Gasteiger partial charge on any atom is -0.453 e. The van der Waals surface area contributed by atoms with E-state index in [2.05, 4.69) is 0 Å². The molecule has 2 nitrogen and oxygen atoms in total. The average Bonchev–Trinajstić information content (AvgIpc) is 2.70. The first kappa shape index (κ1) is 9.65. The molecule has 0 aliphatic heterocycles. The molecule has 0 saturated carbocycles. The Labute approximate surface area is 86.3 Å². The van der Waals surface area contributed by atoms with Crippen LogP contribution >= 0.6 is 0 Å². The lowest BCUT2D eigenvalue weighted by Gasteiger charge is -2.02. The van der Waals surface area contributed by atoms with Crippen LogP contribution in [0.3, 0.4) is 0 Å². The van der Waals surface area contributed by atoms with Crippen LogP contribution in [0.25, 0.3) is 11.3 Å². The Morgan fingerprint density at radius 2 is 2.07 bits per heavy atom. The third-order valence-electron chi connectivity index (χ3n) is 2.28. The van der Waals surface area contributed by atoms with Crippen molar-refractivity contribution in [2.24, 2.45) is 0 Å². The summed E-state index contributed by atoms with van der Waals surface area (Å²) < 4.78 is 18.5. The highest BCUT2D eigenvalue weighted by Crippen LogP contribution is 2.26. The first-order valence-electron chi connectivity index (χ1n) is 4.53. The fourth-order valence-corrected chi connectivity index (χ4v) is 1.44. The minimum atomic E-state index is -0.281. The molecule has 0 fully saturated rings. The quantitative estimate of drug-likeness (QED) is 0.703. The topological polar surface area (TPSA) is 30.2 Å². The molecule has 1 heterocycles. The third-order valence-corrected chi connectivity index (χ3v) is 2.28. The SMILES string of the molecule is Cc1c(F)cccc1-c1ccc(C=O)o1. The number of hydrogen-bond acceptors (Lipinski definition) is 2. The molecule has 76 valence electrons. The Morgan fingerprint density at radius 3 is 2.73 bits per heavy atom. The molecule has 3 heteroatoms. The minimum absolute atomic E-state index is 0.244. The summed E-state index contributed by atoms with van der Waals surface area (Å²) in [6.45, 7) is 1.67. The highest BCUT2D eigenvalue weighted by molar-refractivity contribution is 5.73. The van der Waals surface area contributed by atoms with Crippen molar-refractivity contribution in [1.29, 1.82) is 0 Å². The first-order chi connectivity index (χ1) is 7.22. The van der Waals surface area contributed by atoms with Gasteiger partial charge in [0.25, 0.3) is 0 Å². The number of furan rings is 1. The largest absolute Gasteiger partial charge is 0.453 e. The Morgan fingerprint density at radius 1 is 1.27 bits per heavy atom. The van der Waals surface area contributed by atoms with Crippen LogP contribution < -0.4 is 0 Å². The predicted molar refractivity (Wildman–Crippen MR) is 54.2 cm³/mol. The molecule has 2 rings (SSSR count). The fraction of sp³-hybridized carbons (Fsp3) is 0.0833. The normalized spacial score (nSPS) is 10.3. The van der Waals surface area contributed by atoms with E-state index in [-0.39, 0.29) is 11.6 Å². The van der Waals surface area contributed by atoms with Crippen LogP contribution in [-0.2, 0) is 0 Å². The third kappa shape index (κ3) is 1.68. The van der Waals surface area contributed by atoms with Crippen LogP contribution in [0, 0.1) is 12.7 Å². The number of carbonyl (C=O) groups excluding carboxylic acids is 1. The lowest BCUT2D eigenvalue weighted by Crippen LogP contribution is -1.85. The predicted octanol–water partition coefficient (Wildman–Crippen LogP) is 3.21. The summed E-state index contributed by atoms with van der Waals surface area (Å²) in [5.74, 6) is 0.472. The standard InChI is InChI=1S/C12H9FO2/c1-8-10(3-2-4-11(8)13)12-6-5-9(7-14)15-12/h2-7H,1H3. The summed E-state index contributed by atoms with van der Waals surface area (Å²) >= 11 is 0. The molecule has 0 radical (unpaired) electrons. The fourth-order valence-electron chi connectivity index (χ4n) is 1.44. The van der Waals surface area contributed by atoms with Crippen molar-refractivity contribution in [2.45, 2.75) is 6.92 Å². The summed E-state index contributed by atoms with van der Waals surface area (Å²) in [5, 5.41) is 0. The monoisotopic (exact) mass is 204 g/mol. The molecule has 2 aromatic rings. The number of hydrogen-bond donors (Lipinski definition) is 0. The van der Waals surface area contributed by atoms with Gasteiger partial charge in [0.15, 0.2) is 12.0 Å². The highest BCUT2D eigenvalue weighted by atomic mass is 19.1. The van der Waals surface area contributed by atoms with E-state index in [9.17, 15) is 9.18 Å². The van der Waals surface area contributed by atoms with Crippen molar-refractivity contribution in [2.75, 3.05) is 0 Å². The van der Waals surface area contributed by atoms with Crippen molar-refractivity contribution in [3.05, 3.63) is 47.5 Å². The van der Waals surface area contributed by atoms with Gasteiger partial charge in [0.05, 0.1) is 0 Å². The summed E-state index contributed by atoms with van der Waals surface area (Å²) in [6.07, 6.45) is 0.623. The van der Waals surface area contributed by atoms with Crippen molar-refractivity contribution >= 4 is 6.29 Å². The van der Waals surface area contributed by atoms with Crippen LogP contribution in [0.5, 0.6) is 0 Å². The van der Waals surface area contributed by atoms with E-state index in [1.54, 1.807) is 31.2 Å². The second kappa shape index (κ2) is 3.69. The van der Waals surface area contributed by atoms with Gasteiger partial charge in [0.1, 0.15) is 11.6 Å². The number of halogens is 1. The van der Waals surface area contributed by atoms with Gasteiger partial charge in [0, 0.05) is 5.56 Å². The van der Waals surface area contributed by atoms with Gasteiger partial charge in [-0.05, 0) is 30.7 Å². The molecule has 0 saturated heterocycles. The Kier molecular flexibility index (Phi) is 2.37. The molecule has 15 heavy (non-hydrogen) atoms. The summed E-state index contributed by atoms with van der Waals surface area (Å²) in [6, 6.07) is 7.98. The molecule has 0 aliphatic carbocycles. The molecule has 0 atom stereocenters. The number of aldehydes is 1. The van der Waals surface area contributed by atoms with Crippen LogP contribution in [0.15, 0.2) is 34.7 Å². The Bertz CT molecular complexity index is 500. The summed E-state index contributed by atoms with van der Waals surface area (Å²) in [7, 11) is 0. The molecular weight excluding hydrogens is 195 g/mol. The lowest BCUT2D eigenvalue weighted by atomic mass is 10.1.